The van der Waals surface area contributed by atoms with Crippen LogP contribution in [0.25, 0.3) is 0 Å². The Balaban J connectivity index is 2.32. The van der Waals surface area contributed by atoms with Crippen LogP contribution in [-0.4, -0.2) is 29.6 Å². The number of amides is 2. The minimum Gasteiger partial charge on any atom is -0.459 e. The van der Waals surface area contributed by atoms with E-state index in [0.29, 0.717) is 0 Å². The number of carbonyl (C=O) groups is 2. The van der Waals surface area contributed by atoms with Crippen molar-refractivity contribution >= 4 is 29.6 Å². The Morgan fingerprint density at radius 3 is 2.86 bits per heavy atom. The largest absolute Gasteiger partial charge is 0.459 e. The summed E-state index contributed by atoms with van der Waals surface area (Å²) in [5.41, 5.74) is 0.259. The first kappa shape index (κ1) is 15.2. The maximum Gasteiger partial charge on any atom is 0.291 e. The Hall–Kier alpha value is -3.22. The Kier molecular flexibility index (Phi) is 4.81. The highest BCUT2D eigenvalue weighted by atomic mass is 16.3. The highest BCUT2D eigenvalue weighted by Crippen LogP contribution is 2.23. The predicted molar refractivity (Wildman–Crippen MR) is 79.1 cm³/mol. The van der Waals surface area contributed by atoms with Crippen LogP contribution >= 0.6 is 0 Å². The average Bonchev–Trinajstić information content (AvgIpc) is 3.07. The third kappa shape index (κ3) is 3.26. The summed E-state index contributed by atoms with van der Waals surface area (Å²) in [5, 5.41) is 2.58. The molecule has 2 aromatic heterocycles. The molecule has 2 amide bonds. The summed E-state index contributed by atoms with van der Waals surface area (Å²) in [4.78, 5) is 39.6. The molecule has 0 aliphatic heterocycles. The molecule has 0 spiro atoms. The molecule has 2 aromatic rings. The molecule has 7 nitrogen and oxygen atoms in total. The van der Waals surface area contributed by atoms with E-state index < -0.39 is 11.8 Å². The molecule has 0 atom stereocenters. The van der Waals surface area contributed by atoms with Crippen molar-refractivity contribution in [2.24, 2.45) is 0 Å². The SMILES string of the molecule is C=CC(=O)N(C[C]=O)c1ncccc1NC(=O)c1ccco1. The molecule has 0 aliphatic carbocycles. The van der Waals surface area contributed by atoms with Gasteiger partial charge in [-0.15, -0.1) is 0 Å². The van der Waals surface area contributed by atoms with Crippen molar-refractivity contribution < 1.29 is 18.8 Å². The highest BCUT2D eigenvalue weighted by Gasteiger charge is 2.20. The van der Waals surface area contributed by atoms with Crippen molar-refractivity contribution in [3.8, 4) is 0 Å². The fourth-order valence-electron chi connectivity index (χ4n) is 1.73. The van der Waals surface area contributed by atoms with Crippen LogP contribution in [-0.2, 0) is 9.59 Å². The first-order valence-electron chi connectivity index (χ1n) is 6.26. The lowest BCUT2D eigenvalue weighted by Gasteiger charge is -2.20. The van der Waals surface area contributed by atoms with Gasteiger partial charge in [-0.25, -0.2) is 4.98 Å². The van der Waals surface area contributed by atoms with Gasteiger partial charge in [0.1, 0.15) is 0 Å². The molecular weight excluding hydrogens is 286 g/mol. The van der Waals surface area contributed by atoms with Gasteiger partial charge in [0.2, 0.25) is 6.29 Å². The Labute approximate surface area is 126 Å². The second-order valence-corrected chi connectivity index (χ2v) is 4.08. The second-order valence-electron chi connectivity index (χ2n) is 4.08. The Morgan fingerprint density at radius 1 is 1.41 bits per heavy atom. The third-order valence-corrected chi connectivity index (χ3v) is 2.70. The van der Waals surface area contributed by atoms with Gasteiger partial charge in [-0.05, 0) is 30.3 Å². The molecule has 22 heavy (non-hydrogen) atoms. The van der Waals surface area contributed by atoms with E-state index in [1.54, 1.807) is 24.5 Å². The van der Waals surface area contributed by atoms with E-state index in [1.807, 2.05) is 0 Å². The van der Waals surface area contributed by atoms with Crippen LogP contribution < -0.4 is 10.2 Å². The summed E-state index contributed by atoms with van der Waals surface area (Å²) in [6.45, 7) is 3.04. The summed E-state index contributed by atoms with van der Waals surface area (Å²) in [6.07, 6.45) is 5.48. The summed E-state index contributed by atoms with van der Waals surface area (Å²) in [6, 6.07) is 6.21. The molecule has 1 N–H and O–H groups in total. The molecule has 0 bridgehead atoms. The lowest BCUT2D eigenvalue weighted by atomic mass is 10.3. The maximum absolute atomic E-state index is 12.0. The summed E-state index contributed by atoms with van der Waals surface area (Å²) < 4.78 is 4.99. The van der Waals surface area contributed by atoms with E-state index in [4.69, 9.17) is 4.42 Å². The predicted octanol–water partition coefficient (Wildman–Crippen LogP) is 1.56. The van der Waals surface area contributed by atoms with Gasteiger partial charge in [0.25, 0.3) is 11.8 Å². The summed E-state index contributed by atoms with van der Waals surface area (Å²) >= 11 is 0. The number of nitrogens with zero attached hydrogens (tertiary/aromatic N) is 2. The van der Waals surface area contributed by atoms with Crippen molar-refractivity contribution in [2.75, 3.05) is 16.8 Å². The summed E-state index contributed by atoms with van der Waals surface area (Å²) in [7, 11) is 0. The number of anilines is 2. The second kappa shape index (κ2) is 6.98. The molecule has 0 saturated heterocycles. The zero-order valence-electron chi connectivity index (χ0n) is 11.5. The van der Waals surface area contributed by atoms with Crippen LogP contribution in [0.2, 0.25) is 0 Å². The van der Waals surface area contributed by atoms with Crippen LogP contribution in [0.1, 0.15) is 10.6 Å². The molecular formula is C15H12N3O4. The maximum atomic E-state index is 12.0. The number of rotatable bonds is 6. The zero-order chi connectivity index (χ0) is 15.9. The minimum absolute atomic E-state index is 0.110. The van der Waals surface area contributed by atoms with Crippen molar-refractivity contribution in [1.29, 1.82) is 0 Å². The van der Waals surface area contributed by atoms with Crippen LogP contribution in [0, 0.1) is 0 Å². The number of hydrogen-bond donors (Lipinski definition) is 1. The molecule has 0 fully saturated rings. The van der Waals surface area contributed by atoms with Crippen LogP contribution in [0.5, 0.6) is 0 Å². The lowest BCUT2D eigenvalue weighted by Crippen LogP contribution is -2.32. The van der Waals surface area contributed by atoms with Gasteiger partial charge < -0.3 is 9.73 Å². The quantitative estimate of drug-likeness (QED) is 0.817. The first-order chi connectivity index (χ1) is 10.7. The van der Waals surface area contributed by atoms with E-state index >= 15 is 0 Å². The first-order valence-corrected chi connectivity index (χ1v) is 6.26. The molecule has 2 heterocycles. The molecule has 7 heteroatoms. The van der Waals surface area contributed by atoms with Gasteiger partial charge in [-0.1, -0.05) is 6.58 Å². The smallest absolute Gasteiger partial charge is 0.291 e. The van der Waals surface area contributed by atoms with Crippen LogP contribution in [0.4, 0.5) is 11.5 Å². The van der Waals surface area contributed by atoms with Crippen molar-refractivity contribution in [3.05, 3.63) is 55.1 Å². The molecule has 2 rings (SSSR count). The van der Waals surface area contributed by atoms with E-state index in [-0.39, 0.29) is 23.8 Å². The molecule has 1 radical (unpaired) electrons. The fraction of sp³-hybridized carbons (Fsp3) is 0.0667. The topological polar surface area (TPSA) is 92.5 Å². The van der Waals surface area contributed by atoms with E-state index in [0.717, 1.165) is 11.0 Å². The van der Waals surface area contributed by atoms with Gasteiger partial charge >= 0.3 is 0 Å². The number of carbonyl (C=O) groups excluding carboxylic acids is 3. The van der Waals surface area contributed by atoms with Gasteiger partial charge in [0.05, 0.1) is 18.5 Å². The van der Waals surface area contributed by atoms with Gasteiger partial charge in [-0.2, -0.15) is 0 Å². The Morgan fingerprint density at radius 2 is 2.23 bits per heavy atom. The number of aromatic nitrogens is 1. The summed E-state index contributed by atoms with van der Waals surface area (Å²) in [5.74, 6) is -0.801. The van der Waals surface area contributed by atoms with Crippen LogP contribution in [0.15, 0.2) is 53.8 Å². The highest BCUT2D eigenvalue weighted by molar-refractivity contribution is 6.08. The standard InChI is InChI=1S/C15H12N3O4/c1-2-13(20)18(8-9-19)14-11(5-3-7-16-14)17-15(21)12-6-4-10-22-12/h2-7,10H,1,8H2,(H,17,21). The van der Waals surface area contributed by atoms with E-state index in [1.165, 1.54) is 18.5 Å². The fourth-order valence-corrected chi connectivity index (χ4v) is 1.73. The zero-order valence-corrected chi connectivity index (χ0v) is 11.5. The minimum atomic E-state index is -0.532. The number of hydrogen-bond acceptors (Lipinski definition) is 5. The van der Waals surface area contributed by atoms with Crippen molar-refractivity contribution in [2.45, 2.75) is 0 Å². The molecule has 0 aromatic carbocycles. The van der Waals surface area contributed by atoms with E-state index in [2.05, 4.69) is 16.9 Å². The third-order valence-electron chi connectivity index (χ3n) is 2.70. The number of furan rings is 1. The van der Waals surface area contributed by atoms with Crippen molar-refractivity contribution in [3.63, 3.8) is 0 Å². The van der Waals surface area contributed by atoms with Gasteiger partial charge in [0, 0.05) is 6.20 Å². The number of nitrogens with one attached hydrogen (secondary N) is 1. The van der Waals surface area contributed by atoms with Crippen molar-refractivity contribution in [1.82, 2.24) is 4.98 Å². The number of pyridine rings is 1. The monoisotopic (exact) mass is 298 g/mol. The molecule has 0 saturated carbocycles. The molecule has 0 aliphatic rings. The normalized spacial score (nSPS) is 9.82. The van der Waals surface area contributed by atoms with E-state index in [9.17, 15) is 14.4 Å². The van der Waals surface area contributed by atoms with Crippen LogP contribution in [0.3, 0.4) is 0 Å². The average molecular weight is 298 g/mol. The van der Waals surface area contributed by atoms with Gasteiger partial charge in [0.15, 0.2) is 11.6 Å². The molecule has 0 unspecified atom stereocenters. The molecule has 111 valence electrons. The van der Waals surface area contributed by atoms with Gasteiger partial charge in [-0.3, -0.25) is 19.3 Å². The lowest BCUT2D eigenvalue weighted by molar-refractivity contribution is -0.114. The Bertz CT molecular complexity index is 695.